The van der Waals surface area contributed by atoms with Crippen LogP contribution in [0.25, 0.3) is 0 Å². The Bertz CT molecular complexity index is 744. The summed E-state index contributed by atoms with van der Waals surface area (Å²) in [5.41, 5.74) is 2.89. The number of anilines is 1. The fourth-order valence-corrected chi connectivity index (χ4v) is 3.13. The molecule has 2 aromatic carbocycles. The summed E-state index contributed by atoms with van der Waals surface area (Å²) >= 11 is 0. The third kappa shape index (κ3) is 5.08. The van der Waals surface area contributed by atoms with Gasteiger partial charge < -0.3 is 10.2 Å². The molecule has 134 valence electrons. The summed E-state index contributed by atoms with van der Waals surface area (Å²) in [5, 5.41) is 12.0. The summed E-state index contributed by atoms with van der Waals surface area (Å²) in [6.07, 6.45) is 0.485. The topological polar surface area (TPSA) is 59.4 Å². The van der Waals surface area contributed by atoms with Gasteiger partial charge in [-0.25, -0.2) is 0 Å². The molecule has 1 amide bonds. The van der Waals surface area contributed by atoms with Crippen LogP contribution in [0.5, 0.6) is 0 Å². The van der Waals surface area contributed by atoms with Crippen LogP contribution in [0.3, 0.4) is 0 Å². The van der Waals surface area contributed by atoms with Gasteiger partial charge in [0.05, 0.1) is 11.6 Å². The van der Waals surface area contributed by atoms with E-state index >= 15 is 0 Å². The van der Waals surface area contributed by atoms with Gasteiger partial charge in [0.2, 0.25) is 5.91 Å². The SMILES string of the molecule is N#Cc1ccc(NCCC(=O)N2CCN(Cc3ccccc3)CC2)cc1. The molecule has 0 spiro atoms. The van der Waals surface area contributed by atoms with E-state index in [2.05, 4.69) is 40.6 Å². The Morgan fingerprint density at radius 3 is 2.35 bits per heavy atom. The van der Waals surface area contributed by atoms with E-state index in [1.54, 1.807) is 12.1 Å². The van der Waals surface area contributed by atoms with Crippen molar-refractivity contribution in [2.24, 2.45) is 0 Å². The Balaban J connectivity index is 1.37. The number of piperazine rings is 1. The van der Waals surface area contributed by atoms with E-state index in [4.69, 9.17) is 5.26 Å². The maximum Gasteiger partial charge on any atom is 0.224 e. The smallest absolute Gasteiger partial charge is 0.224 e. The molecule has 1 aliphatic heterocycles. The molecule has 0 aliphatic carbocycles. The van der Waals surface area contributed by atoms with Crippen molar-refractivity contribution < 1.29 is 4.79 Å². The summed E-state index contributed by atoms with van der Waals surface area (Å²) in [6, 6.07) is 19.8. The van der Waals surface area contributed by atoms with Gasteiger partial charge in [0.1, 0.15) is 0 Å². The number of hydrogen-bond donors (Lipinski definition) is 1. The Kier molecular flexibility index (Phi) is 6.24. The molecule has 0 bridgehead atoms. The van der Waals surface area contributed by atoms with Gasteiger partial charge in [0.25, 0.3) is 0 Å². The van der Waals surface area contributed by atoms with Crippen LogP contribution in [0, 0.1) is 11.3 Å². The van der Waals surface area contributed by atoms with Crippen molar-refractivity contribution in [3.8, 4) is 6.07 Å². The lowest BCUT2D eigenvalue weighted by molar-refractivity contribution is -0.132. The van der Waals surface area contributed by atoms with E-state index in [1.807, 2.05) is 23.1 Å². The molecule has 5 heteroatoms. The zero-order valence-corrected chi connectivity index (χ0v) is 14.9. The van der Waals surface area contributed by atoms with E-state index < -0.39 is 0 Å². The number of rotatable bonds is 6. The first kappa shape index (κ1) is 18.0. The minimum absolute atomic E-state index is 0.200. The number of carbonyl (C=O) groups excluding carboxylic acids is 1. The van der Waals surface area contributed by atoms with Gasteiger partial charge in [-0.3, -0.25) is 9.69 Å². The molecule has 1 saturated heterocycles. The van der Waals surface area contributed by atoms with Crippen LogP contribution < -0.4 is 5.32 Å². The van der Waals surface area contributed by atoms with Crippen molar-refractivity contribution in [2.45, 2.75) is 13.0 Å². The molecule has 0 radical (unpaired) electrons. The van der Waals surface area contributed by atoms with Crippen molar-refractivity contribution >= 4 is 11.6 Å². The lowest BCUT2D eigenvalue weighted by atomic mass is 10.2. The average Bonchev–Trinajstić information content (AvgIpc) is 2.70. The Morgan fingerprint density at radius 1 is 1.00 bits per heavy atom. The first-order valence-corrected chi connectivity index (χ1v) is 9.03. The van der Waals surface area contributed by atoms with Crippen molar-refractivity contribution in [3.63, 3.8) is 0 Å². The first-order valence-electron chi connectivity index (χ1n) is 9.03. The van der Waals surface area contributed by atoms with E-state index in [-0.39, 0.29) is 5.91 Å². The minimum atomic E-state index is 0.200. The van der Waals surface area contributed by atoms with Crippen LogP contribution in [-0.4, -0.2) is 48.4 Å². The summed E-state index contributed by atoms with van der Waals surface area (Å²) in [6.45, 7) is 4.98. The highest BCUT2D eigenvalue weighted by Gasteiger charge is 2.20. The summed E-state index contributed by atoms with van der Waals surface area (Å²) < 4.78 is 0. The third-order valence-electron chi connectivity index (χ3n) is 4.66. The minimum Gasteiger partial charge on any atom is -0.385 e. The van der Waals surface area contributed by atoms with Crippen LogP contribution in [0.4, 0.5) is 5.69 Å². The van der Waals surface area contributed by atoms with Gasteiger partial charge in [-0.1, -0.05) is 30.3 Å². The molecule has 1 fully saturated rings. The number of hydrogen-bond acceptors (Lipinski definition) is 4. The second-order valence-corrected chi connectivity index (χ2v) is 6.51. The Hall–Kier alpha value is -2.84. The quantitative estimate of drug-likeness (QED) is 0.872. The summed E-state index contributed by atoms with van der Waals surface area (Å²) in [5.74, 6) is 0.200. The fourth-order valence-electron chi connectivity index (χ4n) is 3.13. The molecule has 0 saturated carbocycles. The lowest BCUT2D eigenvalue weighted by Gasteiger charge is -2.34. The van der Waals surface area contributed by atoms with Gasteiger partial charge in [-0.15, -0.1) is 0 Å². The highest BCUT2D eigenvalue weighted by molar-refractivity contribution is 5.76. The van der Waals surface area contributed by atoms with Crippen molar-refractivity contribution in [1.82, 2.24) is 9.80 Å². The van der Waals surface area contributed by atoms with Crippen LogP contribution in [0.1, 0.15) is 17.5 Å². The molecule has 1 aliphatic rings. The number of benzene rings is 2. The molecular formula is C21H24N4O. The monoisotopic (exact) mass is 348 g/mol. The van der Waals surface area contributed by atoms with Gasteiger partial charge in [0.15, 0.2) is 0 Å². The van der Waals surface area contributed by atoms with Crippen molar-refractivity contribution in [2.75, 3.05) is 38.0 Å². The average molecular weight is 348 g/mol. The lowest BCUT2D eigenvalue weighted by Crippen LogP contribution is -2.48. The van der Waals surface area contributed by atoms with Gasteiger partial charge in [0, 0.05) is 51.4 Å². The van der Waals surface area contributed by atoms with Gasteiger partial charge in [-0.2, -0.15) is 5.26 Å². The maximum absolute atomic E-state index is 12.4. The highest BCUT2D eigenvalue weighted by Crippen LogP contribution is 2.11. The molecule has 3 rings (SSSR count). The largest absolute Gasteiger partial charge is 0.385 e. The molecule has 0 aromatic heterocycles. The van der Waals surface area contributed by atoms with Crippen LogP contribution in [0.15, 0.2) is 54.6 Å². The molecule has 2 aromatic rings. The summed E-state index contributed by atoms with van der Waals surface area (Å²) in [4.78, 5) is 16.7. The van der Waals surface area contributed by atoms with Crippen molar-refractivity contribution in [3.05, 3.63) is 65.7 Å². The van der Waals surface area contributed by atoms with Crippen molar-refractivity contribution in [1.29, 1.82) is 5.26 Å². The predicted octanol–water partition coefficient (Wildman–Crippen LogP) is 2.70. The third-order valence-corrected chi connectivity index (χ3v) is 4.66. The molecule has 26 heavy (non-hydrogen) atoms. The van der Waals surface area contributed by atoms with Crippen LogP contribution >= 0.6 is 0 Å². The van der Waals surface area contributed by atoms with Gasteiger partial charge >= 0.3 is 0 Å². The highest BCUT2D eigenvalue weighted by atomic mass is 16.2. The van der Waals surface area contributed by atoms with E-state index in [0.29, 0.717) is 18.5 Å². The molecule has 0 atom stereocenters. The number of amides is 1. The number of nitriles is 1. The molecule has 1 N–H and O–H groups in total. The first-order chi connectivity index (χ1) is 12.7. The summed E-state index contributed by atoms with van der Waals surface area (Å²) in [7, 11) is 0. The number of nitrogens with zero attached hydrogens (tertiary/aromatic N) is 3. The Labute approximate surface area is 154 Å². The Morgan fingerprint density at radius 2 is 1.69 bits per heavy atom. The molecule has 5 nitrogen and oxygen atoms in total. The van der Waals surface area contributed by atoms with Crippen LogP contribution in [-0.2, 0) is 11.3 Å². The van der Waals surface area contributed by atoms with E-state index in [0.717, 1.165) is 38.4 Å². The molecular weight excluding hydrogens is 324 g/mol. The predicted molar refractivity (Wildman–Crippen MR) is 103 cm³/mol. The van der Waals surface area contributed by atoms with Crippen LogP contribution in [0.2, 0.25) is 0 Å². The fraction of sp³-hybridized carbons (Fsp3) is 0.333. The number of carbonyl (C=O) groups is 1. The second kappa shape index (κ2) is 9.02. The molecule has 0 unspecified atom stereocenters. The zero-order chi connectivity index (χ0) is 18.2. The van der Waals surface area contributed by atoms with Gasteiger partial charge in [-0.05, 0) is 29.8 Å². The normalized spacial score (nSPS) is 14.7. The standard InChI is InChI=1S/C21H24N4O/c22-16-18-6-8-20(9-7-18)23-11-10-21(26)25-14-12-24(13-15-25)17-19-4-2-1-3-5-19/h1-9,23H,10-15,17H2. The maximum atomic E-state index is 12.4. The second-order valence-electron chi connectivity index (χ2n) is 6.51. The number of nitrogens with one attached hydrogen (secondary N) is 1. The zero-order valence-electron chi connectivity index (χ0n) is 14.9. The van der Waals surface area contributed by atoms with E-state index in [9.17, 15) is 4.79 Å². The molecule has 1 heterocycles. The van der Waals surface area contributed by atoms with E-state index in [1.165, 1.54) is 5.56 Å².